The van der Waals surface area contributed by atoms with E-state index in [4.69, 9.17) is 9.51 Å². The zero-order valence-electron chi connectivity index (χ0n) is 15.7. The summed E-state index contributed by atoms with van der Waals surface area (Å²) in [6, 6.07) is 2.80. The molecule has 5 nitrogen and oxygen atoms in total. The summed E-state index contributed by atoms with van der Waals surface area (Å²) in [6.07, 6.45) is 8.90. The molecule has 0 aromatic carbocycles. The maximum atomic E-state index is 13.7. The van der Waals surface area contributed by atoms with Crippen molar-refractivity contribution in [3.63, 3.8) is 0 Å². The number of carbonyl (C=O) groups excluding carboxylic acids is 1. The normalized spacial score (nSPS) is 21.2. The molecule has 2 aromatic rings. The van der Waals surface area contributed by atoms with Gasteiger partial charge >= 0.3 is 0 Å². The highest BCUT2D eigenvalue weighted by atomic mass is 16.5. The minimum atomic E-state index is 0.168. The van der Waals surface area contributed by atoms with Crippen molar-refractivity contribution in [1.82, 2.24) is 15.0 Å². The van der Waals surface area contributed by atoms with E-state index in [2.05, 4.69) is 23.9 Å². The highest BCUT2D eigenvalue weighted by Gasteiger charge is 2.43. The molecule has 3 aliphatic rings. The minimum Gasteiger partial charge on any atom is -0.336 e. The van der Waals surface area contributed by atoms with Crippen LogP contribution in [0.15, 0.2) is 10.6 Å². The molecule has 0 radical (unpaired) electrons. The highest BCUT2D eigenvalue weighted by Crippen LogP contribution is 2.43. The van der Waals surface area contributed by atoms with E-state index in [1.54, 1.807) is 0 Å². The second-order valence-electron chi connectivity index (χ2n) is 8.45. The second kappa shape index (κ2) is 6.07. The molecule has 1 amide bonds. The van der Waals surface area contributed by atoms with Gasteiger partial charge in [-0.25, -0.2) is 4.98 Å². The van der Waals surface area contributed by atoms with Crippen molar-refractivity contribution < 1.29 is 9.32 Å². The maximum Gasteiger partial charge on any atom is 0.259 e. The van der Waals surface area contributed by atoms with Crippen LogP contribution in [-0.4, -0.2) is 33.0 Å². The van der Waals surface area contributed by atoms with Gasteiger partial charge < -0.3 is 9.42 Å². The Labute approximate surface area is 154 Å². The topological polar surface area (TPSA) is 59.2 Å². The largest absolute Gasteiger partial charge is 0.336 e. The molecule has 2 aromatic heterocycles. The van der Waals surface area contributed by atoms with Crippen LogP contribution in [0.1, 0.15) is 86.5 Å². The first-order valence-electron chi connectivity index (χ1n) is 10.3. The lowest BCUT2D eigenvalue weighted by molar-refractivity contribution is 0.0656. The fourth-order valence-electron chi connectivity index (χ4n) is 4.17. The Bertz CT molecular complexity index is 846. The molecule has 0 unspecified atom stereocenters. The number of rotatable bonds is 7. The maximum absolute atomic E-state index is 13.7. The van der Waals surface area contributed by atoms with Crippen molar-refractivity contribution in [3.8, 4) is 0 Å². The predicted octanol–water partition coefficient (Wildman–Crippen LogP) is 4.46. The first-order valence-corrected chi connectivity index (χ1v) is 10.3. The van der Waals surface area contributed by atoms with Crippen LogP contribution in [0.4, 0.5) is 0 Å². The lowest BCUT2D eigenvalue weighted by Crippen LogP contribution is -2.41. The summed E-state index contributed by atoms with van der Waals surface area (Å²) < 4.78 is 5.56. The summed E-state index contributed by atoms with van der Waals surface area (Å²) >= 11 is 0. The third kappa shape index (κ3) is 2.81. The molecular weight excluding hydrogens is 326 g/mol. The number of hydrogen-bond acceptors (Lipinski definition) is 4. The van der Waals surface area contributed by atoms with Gasteiger partial charge in [0.25, 0.3) is 11.6 Å². The van der Waals surface area contributed by atoms with Gasteiger partial charge in [-0.3, -0.25) is 4.79 Å². The molecule has 0 spiro atoms. The van der Waals surface area contributed by atoms with Gasteiger partial charge in [-0.1, -0.05) is 18.5 Å². The molecule has 0 N–H and O–H groups in total. The summed E-state index contributed by atoms with van der Waals surface area (Å²) in [5.41, 5.74) is 3.22. The Balaban J connectivity index is 1.60. The standard InChI is InChI=1S/C21H27N3O2/c1-3-4-17-19-16(11-18(14-7-8-14)22-20(19)26-23-17)21(25)24(15-9-10-15)12(2)13-5-6-13/h11-15H,3-10H2,1-2H3/t12-/m0/s1. The summed E-state index contributed by atoms with van der Waals surface area (Å²) in [6.45, 7) is 4.36. The smallest absolute Gasteiger partial charge is 0.259 e. The van der Waals surface area contributed by atoms with Crippen molar-refractivity contribution in [1.29, 1.82) is 0 Å². The summed E-state index contributed by atoms with van der Waals surface area (Å²) in [7, 11) is 0. The summed E-state index contributed by atoms with van der Waals surface area (Å²) in [5.74, 6) is 1.33. The van der Waals surface area contributed by atoms with Gasteiger partial charge in [0.1, 0.15) is 0 Å². The number of nitrogens with zero attached hydrogens (tertiary/aromatic N) is 3. The zero-order chi connectivity index (χ0) is 17.8. The molecule has 1 atom stereocenters. The van der Waals surface area contributed by atoms with E-state index in [0.29, 0.717) is 29.6 Å². The molecule has 2 heterocycles. The fraction of sp³-hybridized carbons (Fsp3) is 0.667. The van der Waals surface area contributed by atoms with Gasteiger partial charge in [-0.15, -0.1) is 0 Å². The monoisotopic (exact) mass is 353 g/mol. The van der Waals surface area contributed by atoms with E-state index in [0.717, 1.165) is 60.9 Å². The number of aryl methyl sites for hydroxylation is 1. The summed E-state index contributed by atoms with van der Waals surface area (Å²) in [4.78, 5) is 20.6. The molecule has 26 heavy (non-hydrogen) atoms. The van der Waals surface area contributed by atoms with Crippen LogP contribution in [0.3, 0.4) is 0 Å². The third-order valence-electron chi connectivity index (χ3n) is 6.17. The minimum absolute atomic E-state index is 0.168. The molecule has 0 saturated heterocycles. The van der Waals surface area contributed by atoms with E-state index in [-0.39, 0.29) is 5.91 Å². The van der Waals surface area contributed by atoms with E-state index < -0.39 is 0 Å². The first-order chi connectivity index (χ1) is 12.7. The molecule has 5 rings (SSSR count). The van der Waals surface area contributed by atoms with E-state index >= 15 is 0 Å². The first kappa shape index (κ1) is 16.3. The molecule has 0 bridgehead atoms. The highest BCUT2D eigenvalue weighted by molar-refractivity contribution is 6.06. The Kier molecular flexibility index (Phi) is 3.80. The Morgan fingerprint density at radius 3 is 2.65 bits per heavy atom. The van der Waals surface area contributed by atoms with Gasteiger partial charge in [0.05, 0.1) is 16.6 Å². The van der Waals surface area contributed by atoms with E-state index in [1.807, 2.05) is 6.07 Å². The second-order valence-corrected chi connectivity index (χ2v) is 8.45. The van der Waals surface area contributed by atoms with E-state index in [9.17, 15) is 4.79 Å². The van der Waals surface area contributed by atoms with Gasteiger partial charge in [-0.05, 0) is 63.9 Å². The van der Waals surface area contributed by atoms with Crippen LogP contribution in [0.2, 0.25) is 0 Å². The molecule has 3 aliphatic carbocycles. The number of carbonyl (C=O) groups is 1. The lowest BCUT2D eigenvalue weighted by atomic mass is 10.0. The Morgan fingerprint density at radius 2 is 2.04 bits per heavy atom. The Hall–Kier alpha value is -1.91. The average Bonchev–Trinajstić information content (AvgIpc) is 3.49. The molecule has 0 aliphatic heterocycles. The number of pyridine rings is 1. The van der Waals surface area contributed by atoms with Crippen molar-refractivity contribution in [3.05, 3.63) is 23.0 Å². The van der Waals surface area contributed by atoms with Crippen molar-refractivity contribution in [2.75, 3.05) is 0 Å². The van der Waals surface area contributed by atoms with Crippen molar-refractivity contribution in [2.45, 2.75) is 83.2 Å². The molecule has 138 valence electrons. The van der Waals surface area contributed by atoms with Crippen molar-refractivity contribution in [2.24, 2.45) is 5.92 Å². The van der Waals surface area contributed by atoms with Crippen LogP contribution in [-0.2, 0) is 6.42 Å². The average molecular weight is 353 g/mol. The van der Waals surface area contributed by atoms with Gasteiger partial charge in [-0.2, -0.15) is 0 Å². The predicted molar refractivity (Wildman–Crippen MR) is 99.2 cm³/mol. The van der Waals surface area contributed by atoms with Crippen LogP contribution in [0, 0.1) is 5.92 Å². The summed E-state index contributed by atoms with van der Waals surface area (Å²) in [5, 5.41) is 5.11. The van der Waals surface area contributed by atoms with Gasteiger partial charge in [0, 0.05) is 23.7 Å². The SMILES string of the molecule is CCCc1noc2nc(C3CC3)cc(C(=O)N(C3CC3)[C@@H](C)C3CC3)c12. The number of fused-ring (bicyclic) bond motifs is 1. The molecule has 3 fully saturated rings. The van der Waals surface area contributed by atoms with Crippen LogP contribution < -0.4 is 0 Å². The third-order valence-corrected chi connectivity index (χ3v) is 6.17. The number of hydrogen-bond donors (Lipinski definition) is 0. The van der Waals surface area contributed by atoms with Crippen LogP contribution >= 0.6 is 0 Å². The molecular formula is C21H27N3O2. The van der Waals surface area contributed by atoms with Gasteiger partial charge in [0.2, 0.25) is 0 Å². The lowest BCUT2D eigenvalue weighted by Gasteiger charge is -2.30. The van der Waals surface area contributed by atoms with Crippen LogP contribution in [0.5, 0.6) is 0 Å². The van der Waals surface area contributed by atoms with Crippen LogP contribution in [0.25, 0.3) is 11.1 Å². The molecule has 5 heteroatoms. The Morgan fingerprint density at radius 1 is 1.27 bits per heavy atom. The molecule has 3 saturated carbocycles. The zero-order valence-corrected chi connectivity index (χ0v) is 15.7. The quantitative estimate of drug-likeness (QED) is 0.737. The fourth-order valence-corrected chi connectivity index (χ4v) is 4.17. The van der Waals surface area contributed by atoms with Gasteiger partial charge in [0.15, 0.2) is 0 Å². The van der Waals surface area contributed by atoms with Crippen molar-refractivity contribution >= 4 is 17.0 Å². The van der Waals surface area contributed by atoms with E-state index in [1.165, 1.54) is 12.8 Å². The number of aromatic nitrogens is 2. The number of amides is 1.